The number of hydrogen-bond acceptors (Lipinski definition) is 3. The van der Waals surface area contributed by atoms with E-state index in [1.165, 1.54) is 25.3 Å². The molecule has 0 atom stereocenters. The van der Waals surface area contributed by atoms with E-state index in [0.29, 0.717) is 11.3 Å². The third-order valence-corrected chi connectivity index (χ3v) is 3.26. The second-order valence-corrected chi connectivity index (χ2v) is 4.97. The molecule has 0 aliphatic heterocycles. The number of carbonyl (C=O) groups is 2. The quantitative estimate of drug-likeness (QED) is 0.681. The molecule has 0 aliphatic carbocycles. The van der Waals surface area contributed by atoms with E-state index in [1.807, 2.05) is 0 Å². The maximum atomic E-state index is 12.9. The number of nitrogens with one attached hydrogen (secondary N) is 1. The van der Waals surface area contributed by atoms with Crippen molar-refractivity contribution in [3.63, 3.8) is 0 Å². The van der Waals surface area contributed by atoms with Crippen molar-refractivity contribution >= 4 is 35.2 Å². The Morgan fingerprint density at radius 3 is 2.48 bits per heavy atom. The zero-order valence-corrected chi connectivity index (χ0v) is 12.9. The Morgan fingerprint density at radius 2 is 1.87 bits per heavy atom. The van der Waals surface area contributed by atoms with Gasteiger partial charge in [-0.25, -0.2) is 9.18 Å². The van der Waals surface area contributed by atoms with Crippen LogP contribution in [0, 0.1) is 5.82 Å². The van der Waals surface area contributed by atoms with Gasteiger partial charge in [0.1, 0.15) is 5.82 Å². The lowest BCUT2D eigenvalue weighted by atomic mass is 10.1. The molecule has 0 bridgehead atoms. The molecule has 0 spiro atoms. The molecule has 0 aromatic heterocycles. The van der Waals surface area contributed by atoms with E-state index in [4.69, 9.17) is 11.6 Å². The van der Waals surface area contributed by atoms with Gasteiger partial charge in [0.15, 0.2) is 0 Å². The standard InChI is InChI=1S/C17H13ClFNO3/c1-23-17(22)12-5-2-11(3-6-12)4-9-16(21)20-15-8-7-13(19)10-14(15)18/h2-10H,1H3,(H,20,21)/b9-4+. The molecule has 4 nitrogen and oxygen atoms in total. The SMILES string of the molecule is COC(=O)c1ccc(/C=C/C(=O)Nc2ccc(F)cc2Cl)cc1. The van der Waals surface area contributed by atoms with Crippen LogP contribution in [0.1, 0.15) is 15.9 Å². The van der Waals surface area contributed by atoms with Gasteiger partial charge in [-0.1, -0.05) is 23.7 Å². The molecule has 2 rings (SSSR count). The topological polar surface area (TPSA) is 55.4 Å². The summed E-state index contributed by atoms with van der Waals surface area (Å²) in [5.74, 6) is -1.31. The summed E-state index contributed by atoms with van der Waals surface area (Å²) in [4.78, 5) is 23.1. The van der Waals surface area contributed by atoms with E-state index in [2.05, 4.69) is 10.1 Å². The lowest BCUT2D eigenvalue weighted by Crippen LogP contribution is -2.08. The van der Waals surface area contributed by atoms with Crippen molar-refractivity contribution in [2.45, 2.75) is 0 Å². The Kier molecular flexibility index (Phi) is 5.49. The smallest absolute Gasteiger partial charge is 0.337 e. The van der Waals surface area contributed by atoms with Gasteiger partial charge in [-0.2, -0.15) is 0 Å². The van der Waals surface area contributed by atoms with Crippen molar-refractivity contribution in [3.05, 3.63) is 70.5 Å². The van der Waals surface area contributed by atoms with Gasteiger partial charge in [0.05, 0.1) is 23.4 Å². The van der Waals surface area contributed by atoms with Crippen LogP contribution in [0.25, 0.3) is 6.08 Å². The molecule has 1 amide bonds. The van der Waals surface area contributed by atoms with E-state index in [0.717, 1.165) is 11.6 Å². The number of esters is 1. The van der Waals surface area contributed by atoms with Crippen LogP contribution in [-0.4, -0.2) is 19.0 Å². The minimum absolute atomic E-state index is 0.120. The first-order chi connectivity index (χ1) is 11.0. The minimum Gasteiger partial charge on any atom is -0.465 e. The fraction of sp³-hybridized carbons (Fsp3) is 0.0588. The zero-order chi connectivity index (χ0) is 16.8. The lowest BCUT2D eigenvalue weighted by Gasteiger charge is -2.04. The Balaban J connectivity index is 2.02. The average Bonchev–Trinajstić information content (AvgIpc) is 2.55. The second-order valence-electron chi connectivity index (χ2n) is 4.56. The number of carbonyl (C=O) groups excluding carboxylic acids is 2. The van der Waals surface area contributed by atoms with E-state index in [9.17, 15) is 14.0 Å². The minimum atomic E-state index is -0.478. The van der Waals surface area contributed by atoms with Gasteiger partial charge in [0.2, 0.25) is 5.91 Å². The molecule has 118 valence electrons. The van der Waals surface area contributed by atoms with Gasteiger partial charge in [-0.15, -0.1) is 0 Å². The summed E-state index contributed by atoms with van der Waals surface area (Å²) in [5, 5.41) is 2.67. The molecule has 0 radical (unpaired) electrons. The monoisotopic (exact) mass is 333 g/mol. The van der Waals surface area contributed by atoms with Crippen molar-refractivity contribution in [3.8, 4) is 0 Å². The third kappa shape index (κ3) is 4.66. The van der Waals surface area contributed by atoms with Crippen molar-refractivity contribution in [2.24, 2.45) is 0 Å². The first-order valence-corrected chi connectivity index (χ1v) is 7.00. The summed E-state index contributed by atoms with van der Waals surface area (Å²) in [7, 11) is 1.31. The summed E-state index contributed by atoms with van der Waals surface area (Å²) in [6, 6.07) is 10.3. The van der Waals surface area contributed by atoms with Crippen LogP contribution in [0.3, 0.4) is 0 Å². The molecule has 6 heteroatoms. The Morgan fingerprint density at radius 1 is 1.17 bits per heavy atom. The molecule has 0 fully saturated rings. The Labute approximate surface area is 137 Å². The highest BCUT2D eigenvalue weighted by molar-refractivity contribution is 6.33. The summed E-state index contributed by atoms with van der Waals surface area (Å²) >= 11 is 5.83. The van der Waals surface area contributed by atoms with Crippen molar-refractivity contribution in [1.82, 2.24) is 0 Å². The van der Waals surface area contributed by atoms with Crippen LogP contribution >= 0.6 is 11.6 Å². The zero-order valence-electron chi connectivity index (χ0n) is 12.2. The van der Waals surface area contributed by atoms with E-state index in [-0.39, 0.29) is 5.02 Å². The molecule has 23 heavy (non-hydrogen) atoms. The number of amides is 1. The largest absolute Gasteiger partial charge is 0.465 e. The second kappa shape index (κ2) is 7.56. The highest BCUT2D eigenvalue weighted by Gasteiger charge is 2.05. The van der Waals surface area contributed by atoms with Crippen LogP contribution < -0.4 is 5.32 Å². The number of ether oxygens (including phenoxy) is 1. The first kappa shape index (κ1) is 16.7. The van der Waals surface area contributed by atoms with Crippen LogP contribution in [0.2, 0.25) is 5.02 Å². The Hall–Kier alpha value is -2.66. The average molecular weight is 334 g/mol. The molecule has 2 aromatic rings. The van der Waals surface area contributed by atoms with Crippen LogP contribution in [0.5, 0.6) is 0 Å². The summed E-state index contributed by atoms with van der Waals surface area (Å²) in [5.41, 5.74) is 1.48. The molecule has 0 heterocycles. The number of anilines is 1. The maximum absolute atomic E-state index is 12.9. The van der Waals surface area contributed by atoms with Crippen molar-refractivity contribution < 1.29 is 18.7 Å². The van der Waals surface area contributed by atoms with Crippen molar-refractivity contribution in [1.29, 1.82) is 0 Å². The molecular weight excluding hydrogens is 321 g/mol. The van der Waals surface area contributed by atoms with Gasteiger partial charge in [0, 0.05) is 6.08 Å². The van der Waals surface area contributed by atoms with Crippen LogP contribution in [-0.2, 0) is 9.53 Å². The van der Waals surface area contributed by atoms with Gasteiger partial charge in [-0.3, -0.25) is 4.79 Å². The van der Waals surface area contributed by atoms with Crippen LogP contribution in [0.4, 0.5) is 10.1 Å². The molecule has 0 saturated heterocycles. The molecule has 0 unspecified atom stereocenters. The molecule has 2 aromatic carbocycles. The van der Waals surface area contributed by atoms with Crippen LogP contribution in [0.15, 0.2) is 48.5 Å². The molecule has 0 saturated carbocycles. The molecule has 1 N–H and O–H groups in total. The first-order valence-electron chi connectivity index (χ1n) is 6.62. The van der Waals surface area contributed by atoms with E-state index >= 15 is 0 Å². The maximum Gasteiger partial charge on any atom is 0.337 e. The lowest BCUT2D eigenvalue weighted by molar-refractivity contribution is -0.111. The van der Waals surface area contributed by atoms with Gasteiger partial charge >= 0.3 is 5.97 Å². The predicted octanol–water partition coefficient (Wildman–Crippen LogP) is 3.92. The highest BCUT2D eigenvalue weighted by Crippen LogP contribution is 2.22. The fourth-order valence-electron chi connectivity index (χ4n) is 1.79. The number of rotatable bonds is 4. The van der Waals surface area contributed by atoms with Gasteiger partial charge in [0.25, 0.3) is 0 Å². The number of halogens is 2. The summed E-state index contributed by atoms with van der Waals surface area (Å²) < 4.78 is 17.5. The molecular formula is C17H13ClFNO3. The van der Waals surface area contributed by atoms with Crippen molar-refractivity contribution in [2.75, 3.05) is 12.4 Å². The summed E-state index contributed by atoms with van der Waals surface area (Å²) in [6.45, 7) is 0. The number of hydrogen-bond donors (Lipinski definition) is 1. The van der Waals surface area contributed by atoms with Gasteiger partial charge < -0.3 is 10.1 Å². The Bertz CT molecular complexity index is 757. The predicted molar refractivity (Wildman–Crippen MR) is 86.9 cm³/mol. The van der Waals surface area contributed by atoms with Gasteiger partial charge in [-0.05, 0) is 42.0 Å². The fourth-order valence-corrected chi connectivity index (χ4v) is 2.00. The number of methoxy groups -OCH3 is 1. The summed E-state index contributed by atoms with van der Waals surface area (Å²) in [6.07, 6.45) is 2.89. The normalized spacial score (nSPS) is 10.6. The van der Waals surface area contributed by atoms with E-state index < -0.39 is 17.7 Å². The number of benzene rings is 2. The third-order valence-electron chi connectivity index (χ3n) is 2.95. The molecule has 0 aliphatic rings. The van der Waals surface area contributed by atoms with E-state index in [1.54, 1.807) is 30.3 Å². The highest BCUT2D eigenvalue weighted by atomic mass is 35.5.